The lowest BCUT2D eigenvalue weighted by atomic mass is 10.0. The van der Waals surface area contributed by atoms with Gasteiger partial charge in [-0.25, -0.2) is 0 Å². The Balaban J connectivity index is 1.65. The highest BCUT2D eigenvalue weighted by molar-refractivity contribution is 5.94. The standard InChI is InChI=1S/C16H21NO3/c1-16(7-3-9-20-16)11-17-15(18)13-5-6-14-12(10-13)4-2-8-19-14/h5-6,10H,2-4,7-9,11H2,1H3,(H,17,18). The Hall–Kier alpha value is -1.55. The summed E-state index contributed by atoms with van der Waals surface area (Å²) < 4.78 is 11.2. The van der Waals surface area contributed by atoms with Crippen molar-refractivity contribution in [1.82, 2.24) is 5.32 Å². The molecule has 3 rings (SSSR count). The number of hydrogen-bond acceptors (Lipinski definition) is 3. The number of ether oxygens (including phenoxy) is 2. The van der Waals surface area contributed by atoms with Crippen LogP contribution >= 0.6 is 0 Å². The average molecular weight is 275 g/mol. The van der Waals surface area contributed by atoms with Crippen molar-refractivity contribution in [2.45, 2.75) is 38.2 Å². The summed E-state index contributed by atoms with van der Waals surface area (Å²) >= 11 is 0. The van der Waals surface area contributed by atoms with Crippen molar-refractivity contribution < 1.29 is 14.3 Å². The van der Waals surface area contributed by atoms with Crippen LogP contribution in [0.15, 0.2) is 18.2 Å². The number of fused-ring (bicyclic) bond motifs is 1. The number of rotatable bonds is 3. The highest BCUT2D eigenvalue weighted by Crippen LogP contribution is 2.26. The van der Waals surface area contributed by atoms with Crippen LogP contribution in [0.1, 0.15) is 42.1 Å². The minimum Gasteiger partial charge on any atom is -0.493 e. The molecule has 4 nitrogen and oxygen atoms in total. The van der Waals surface area contributed by atoms with Gasteiger partial charge in [0.2, 0.25) is 0 Å². The Morgan fingerprint density at radius 3 is 3.05 bits per heavy atom. The van der Waals surface area contributed by atoms with E-state index in [9.17, 15) is 4.79 Å². The molecule has 0 saturated carbocycles. The van der Waals surface area contributed by atoms with Crippen LogP contribution < -0.4 is 10.1 Å². The second-order valence-corrected chi connectivity index (χ2v) is 5.86. The molecule has 0 bridgehead atoms. The predicted molar refractivity (Wildman–Crippen MR) is 76.2 cm³/mol. The number of amides is 1. The summed E-state index contributed by atoms with van der Waals surface area (Å²) in [7, 11) is 0. The normalized spacial score (nSPS) is 24.9. The molecule has 1 amide bonds. The quantitative estimate of drug-likeness (QED) is 0.921. The highest BCUT2D eigenvalue weighted by Gasteiger charge is 2.30. The topological polar surface area (TPSA) is 47.6 Å². The van der Waals surface area contributed by atoms with Crippen molar-refractivity contribution in [3.8, 4) is 5.75 Å². The molecule has 1 aromatic carbocycles. The maximum absolute atomic E-state index is 12.2. The molecule has 0 aromatic heterocycles. The first-order chi connectivity index (χ1) is 9.66. The van der Waals surface area contributed by atoms with Gasteiger partial charge in [0.15, 0.2) is 0 Å². The molecule has 2 aliphatic rings. The number of nitrogens with one attached hydrogen (secondary N) is 1. The molecule has 1 fully saturated rings. The fraction of sp³-hybridized carbons (Fsp3) is 0.562. The summed E-state index contributed by atoms with van der Waals surface area (Å²) in [4.78, 5) is 12.2. The Kier molecular flexibility index (Phi) is 3.66. The number of carbonyl (C=O) groups excluding carboxylic acids is 1. The van der Waals surface area contributed by atoms with Crippen LogP contribution in [-0.4, -0.2) is 31.3 Å². The van der Waals surface area contributed by atoms with E-state index < -0.39 is 0 Å². The molecule has 2 heterocycles. The lowest BCUT2D eigenvalue weighted by Gasteiger charge is -2.23. The van der Waals surface area contributed by atoms with Crippen molar-refractivity contribution >= 4 is 5.91 Å². The fourth-order valence-electron chi connectivity index (χ4n) is 2.85. The molecule has 1 saturated heterocycles. The van der Waals surface area contributed by atoms with E-state index >= 15 is 0 Å². The minimum atomic E-state index is -0.201. The van der Waals surface area contributed by atoms with E-state index in [1.54, 1.807) is 0 Å². The van der Waals surface area contributed by atoms with Gasteiger partial charge in [-0.15, -0.1) is 0 Å². The Morgan fingerprint density at radius 2 is 2.25 bits per heavy atom. The van der Waals surface area contributed by atoms with E-state index in [1.807, 2.05) is 18.2 Å². The zero-order valence-electron chi connectivity index (χ0n) is 11.9. The Bertz CT molecular complexity index is 506. The van der Waals surface area contributed by atoms with E-state index in [1.165, 1.54) is 0 Å². The van der Waals surface area contributed by atoms with Crippen molar-refractivity contribution in [2.24, 2.45) is 0 Å². The molecular weight excluding hydrogens is 254 g/mol. The lowest BCUT2D eigenvalue weighted by molar-refractivity contribution is 0.0206. The van der Waals surface area contributed by atoms with E-state index in [2.05, 4.69) is 12.2 Å². The molecule has 1 atom stereocenters. The van der Waals surface area contributed by atoms with Gasteiger partial charge in [-0.05, 0) is 56.4 Å². The molecule has 0 aliphatic carbocycles. The summed E-state index contributed by atoms with van der Waals surface area (Å²) in [6, 6.07) is 5.68. The van der Waals surface area contributed by atoms with Gasteiger partial charge in [-0.1, -0.05) is 0 Å². The van der Waals surface area contributed by atoms with Crippen LogP contribution in [0.5, 0.6) is 5.75 Å². The third-order valence-electron chi connectivity index (χ3n) is 4.09. The molecule has 0 spiro atoms. The smallest absolute Gasteiger partial charge is 0.251 e. The monoisotopic (exact) mass is 275 g/mol. The molecule has 4 heteroatoms. The van der Waals surface area contributed by atoms with Crippen molar-refractivity contribution in [3.05, 3.63) is 29.3 Å². The second-order valence-electron chi connectivity index (χ2n) is 5.86. The fourth-order valence-corrected chi connectivity index (χ4v) is 2.85. The van der Waals surface area contributed by atoms with Crippen LogP contribution in [0.2, 0.25) is 0 Å². The van der Waals surface area contributed by atoms with Crippen LogP contribution in [0.3, 0.4) is 0 Å². The lowest BCUT2D eigenvalue weighted by Crippen LogP contribution is -2.40. The maximum Gasteiger partial charge on any atom is 0.251 e. The first kappa shape index (κ1) is 13.4. The van der Waals surface area contributed by atoms with Gasteiger partial charge < -0.3 is 14.8 Å². The third-order valence-corrected chi connectivity index (χ3v) is 4.09. The van der Waals surface area contributed by atoms with E-state index in [-0.39, 0.29) is 11.5 Å². The molecular formula is C16H21NO3. The molecule has 1 unspecified atom stereocenters. The SMILES string of the molecule is CC1(CNC(=O)c2ccc3c(c2)CCCO3)CCCO1. The van der Waals surface area contributed by atoms with Gasteiger partial charge in [0.1, 0.15) is 5.75 Å². The van der Waals surface area contributed by atoms with Crippen molar-refractivity contribution in [3.63, 3.8) is 0 Å². The summed E-state index contributed by atoms with van der Waals surface area (Å²) in [6.45, 7) is 4.19. The van der Waals surface area contributed by atoms with Gasteiger partial charge in [0.25, 0.3) is 5.91 Å². The first-order valence-electron chi connectivity index (χ1n) is 7.34. The molecule has 0 radical (unpaired) electrons. The second kappa shape index (κ2) is 5.44. The molecule has 1 aromatic rings. The first-order valence-corrected chi connectivity index (χ1v) is 7.34. The molecule has 1 N–H and O–H groups in total. The van der Waals surface area contributed by atoms with Crippen LogP contribution in [-0.2, 0) is 11.2 Å². The predicted octanol–water partition coefficient (Wildman–Crippen LogP) is 2.31. The number of aryl methyl sites for hydroxylation is 1. The molecule has 108 valence electrons. The van der Waals surface area contributed by atoms with Crippen LogP contribution in [0, 0.1) is 0 Å². The van der Waals surface area contributed by atoms with Crippen molar-refractivity contribution in [2.75, 3.05) is 19.8 Å². The van der Waals surface area contributed by atoms with Gasteiger partial charge in [-0.3, -0.25) is 4.79 Å². The van der Waals surface area contributed by atoms with E-state index in [0.717, 1.165) is 50.2 Å². The summed E-state index contributed by atoms with van der Waals surface area (Å²) in [5.41, 5.74) is 1.63. The zero-order chi connectivity index (χ0) is 14.0. The number of carbonyl (C=O) groups is 1. The number of hydrogen-bond donors (Lipinski definition) is 1. The van der Waals surface area contributed by atoms with Crippen molar-refractivity contribution in [1.29, 1.82) is 0 Å². The zero-order valence-corrected chi connectivity index (χ0v) is 11.9. The summed E-state index contributed by atoms with van der Waals surface area (Å²) in [5, 5.41) is 2.98. The van der Waals surface area contributed by atoms with E-state index in [4.69, 9.17) is 9.47 Å². The Labute approximate surface area is 119 Å². The summed E-state index contributed by atoms with van der Waals surface area (Å²) in [5.74, 6) is 0.883. The van der Waals surface area contributed by atoms with Gasteiger partial charge >= 0.3 is 0 Å². The minimum absolute atomic E-state index is 0.0323. The molecule has 2 aliphatic heterocycles. The highest BCUT2D eigenvalue weighted by atomic mass is 16.5. The average Bonchev–Trinajstić information content (AvgIpc) is 2.91. The van der Waals surface area contributed by atoms with E-state index in [0.29, 0.717) is 12.1 Å². The van der Waals surface area contributed by atoms with Gasteiger partial charge in [-0.2, -0.15) is 0 Å². The van der Waals surface area contributed by atoms with Crippen LogP contribution in [0.4, 0.5) is 0 Å². The Morgan fingerprint density at radius 1 is 1.35 bits per heavy atom. The molecule has 20 heavy (non-hydrogen) atoms. The van der Waals surface area contributed by atoms with Gasteiger partial charge in [0, 0.05) is 18.7 Å². The maximum atomic E-state index is 12.2. The van der Waals surface area contributed by atoms with Crippen LogP contribution in [0.25, 0.3) is 0 Å². The van der Waals surface area contributed by atoms with Gasteiger partial charge in [0.05, 0.1) is 12.2 Å². The largest absolute Gasteiger partial charge is 0.493 e. The number of benzene rings is 1. The third kappa shape index (κ3) is 2.80. The summed E-state index contributed by atoms with van der Waals surface area (Å²) in [6.07, 6.45) is 4.08.